The van der Waals surface area contributed by atoms with Gasteiger partial charge in [0, 0.05) is 25.2 Å². The number of carbonyl (C=O) groups excluding carboxylic acids is 2. The Bertz CT molecular complexity index is 861. The van der Waals surface area contributed by atoms with Gasteiger partial charge in [0.2, 0.25) is 0 Å². The molecule has 2 aliphatic heterocycles. The van der Waals surface area contributed by atoms with Gasteiger partial charge in [-0.3, -0.25) is 19.7 Å². The molecule has 0 bridgehead atoms. The van der Waals surface area contributed by atoms with Crippen LogP contribution in [0.3, 0.4) is 0 Å². The predicted octanol–water partition coefficient (Wildman–Crippen LogP) is 1.91. The van der Waals surface area contributed by atoms with Gasteiger partial charge in [-0.2, -0.15) is 0 Å². The van der Waals surface area contributed by atoms with Crippen molar-refractivity contribution in [3.05, 3.63) is 59.7 Å². The van der Waals surface area contributed by atoms with E-state index in [0.29, 0.717) is 17.0 Å². The second-order valence-corrected chi connectivity index (χ2v) is 7.44. The first kappa shape index (κ1) is 19.6. The number of benzene rings is 2. The summed E-state index contributed by atoms with van der Waals surface area (Å²) >= 11 is 0. The molecule has 2 aromatic carbocycles. The number of hydrogen-bond acceptors (Lipinski definition) is 5. The molecule has 1 atom stereocenters. The standard InChI is InChI=1S/C22H25N3O4/c26-21(23-20-9-10-25(28)22(20)27)19-7-5-18(6-8-19)17-3-1-16(2-4-17)15-24-11-13-29-14-12-24/h1-8,20,28H,9-15H2,(H,23,26). The number of rotatable bonds is 5. The Morgan fingerprint density at radius 1 is 1.00 bits per heavy atom. The van der Waals surface area contributed by atoms with Crippen LogP contribution in [0.5, 0.6) is 0 Å². The van der Waals surface area contributed by atoms with E-state index in [1.165, 1.54) is 5.56 Å². The molecule has 2 N–H and O–H groups in total. The maximum absolute atomic E-state index is 12.4. The largest absolute Gasteiger partial charge is 0.379 e. The summed E-state index contributed by atoms with van der Waals surface area (Å²) in [6, 6.07) is 15.1. The lowest BCUT2D eigenvalue weighted by atomic mass is 10.0. The van der Waals surface area contributed by atoms with E-state index in [1.807, 2.05) is 12.1 Å². The van der Waals surface area contributed by atoms with Crippen molar-refractivity contribution < 1.29 is 19.5 Å². The molecule has 0 spiro atoms. The summed E-state index contributed by atoms with van der Waals surface area (Å²) in [5.74, 6) is -0.779. The highest BCUT2D eigenvalue weighted by Gasteiger charge is 2.32. The van der Waals surface area contributed by atoms with Gasteiger partial charge in [0.15, 0.2) is 0 Å². The van der Waals surface area contributed by atoms with Crippen LogP contribution in [0.15, 0.2) is 48.5 Å². The number of nitrogens with one attached hydrogen (secondary N) is 1. The van der Waals surface area contributed by atoms with Crippen LogP contribution in [0, 0.1) is 0 Å². The van der Waals surface area contributed by atoms with E-state index in [-0.39, 0.29) is 12.5 Å². The third kappa shape index (κ3) is 4.64. The van der Waals surface area contributed by atoms with Gasteiger partial charge in [0.1, 0.15) is 6.04 Å². The molecule has 4 rings (SSSR count). The van der Waals surface area contributed by atoms with E-state index in [4.69, 9.17) is 4.74 Å². The van der Waals surface area contributed by atoms with Crippen molar-refractivity contribution in [2.45, 2.75) is 19.0 Å². The lowest BCUT2D eigenvalue weighted by molar-refractivity contribution is -0.158. The smallest absolute Gasteiger partial charge is 0.268 e. The van der Waals surface area contributed by atoms with Crippen molar-refractivity contribution in [1.82, 2.24) is 15.3 Å². The van der Waals surface area contributed by atoms with Gasteiger partial charge in [0.25, 0.3) is 11.8 Å². The number of ether oxygens (including phenoxy) is 1. The fourth-order valence-corrected chi connectivity index (χ4v) is 3.67. The molecule has 152 valence electrons. The van der Waals surface area contributed by atoms with Crippen molar-refractivity contribution in [3.8, 4) is 11.1 Å². The number of hydrogen-bond donors (Lipinski definition) is 2. The fourth-order valence-electron chi connectivity index (χ4n) is 3.67. The van der Waals surface area contributed by atoms with Crippen LogP contribution < -0.4 is 5.32 Å². The topological polar surface area (TPSA) is 82.1 Å². The molecule has 2 heterocycles. The van der Waals surface area contributed by atoms with Crippen molar-refractivity contribution in [2.24, 2.45) is 0 Å². The van der Waals surface area contributed by atoms with Gasteiger partial charge in [-0.15, -0.1) is 0 Å². The molecular weight excluding hydrogens is 370 g/mol. The highest BCUT2D eigenvalue weighted by atomic mass is 16.5. The van der Waals surface area contributed by atoms with Gasteiger partial charge in [0.05, 0.1) is 19.8 Å². The second-order valence-electron chi connectivity index (χ2n) is 7.44. The minimum atomic E-state index is -0.661. The van der Waals surface area contributed by atoms with Crippen molar-refractivity contribution >= 4 is 11.8 Å². The van der Waals surface area contributed by atoms with Gasteiger partial charge < -0.3 is 10.1 Å². The van der Waals surface area contributed by atoms with E-state index >= 15 is 0 Å². The van der Waals surface area contributed by atoms with Crippen molar-refractivity contribution in [1.29, 1.82) is 0 Å². The fraction of sp³-hybridized carbons (Fsp3) is 0.364. The lowest BCUT2D eigenvalue weighted by Gasteiger charge is -2.26. The van der Waals surface area contributed by atoms with E-state index in [2.05, 4.69) is 34.5 Å². The molecule has 2 fully saturated rings. The summed E-state index contributed by atoms with van der Waals surface area (Å²) in [6.07, 6.45) is 0.413. The number of nitrogens with zero attached hydrogens (tertiary/aromatic N) is 2. The monoisotopic (exact) mass is 395 g/mol. The highest BCUT2D eigenvalue weighted by molar-refractivity contribution is 5.98. The molecule has 7 heteroatoms. The minimum Gasteiger partial charge on any atom is -0.379 e. The zero-order valence-corrected chi connectivity index (χ0v) is 16.2. The zero-order chi connectivity index (χ0) is 20.2. The molecule has 2 aromatic rings. The average Bonchev–Trinajstić information content (AvgIpc) is 3.07. The minimum absolute atomic E-state index is 0.240. The predicted molar refractivity (Wildman–Crippen MR) is 107 cm³/mol. The molecule has 2 aliphatic rings. The number of morpholine rings is 1. The summed E-state index contributed by atoms with van der Waals surface area (Å²) in [5.41, 5.74) is 3.87. The lowest BCUT2D eigenvalue weighted by Crippen LogP contribution is -2.40. The second kappa shape index (κ2) is 8.73. The highest BCUT2D eigenvalue weighted by Crippen LogP contribution is 2.21. The van der Waals surface area contributed by atoms with Crippen LogP contribution >= 0.6 is 0 Å². The van der Waals surface area contributed by atoms with Crippen molar-refractivity contribution in [3.63, 3.8) is 0 Å². The number of hydroxylamine groups is 2. The van der Waals surface area contributed by atoms with Gasteiger partial charge in [-0.25, -0.2) is 5.06 Å². The summed E-state index contributed by atoms with van der Waals surface area (Å²) in [7, 11) is 0. The quantitative estimate of drug-likeness (QED) is 0.756. The summed E-state index contributed by atoms with van der Waals surface area (Å²) in [4.78, 5) is 26.5. The van der Waals surface area contributed by atoms with Crippen LogP contribution in [0.1, 0.15) is 22.3 Å². The van der Waals surface area contributed by atoms with Crippen molar-refractivity contribution in [2.75, 3.05) is 32.8 Å². The Labute approximate surface area is 169 Å². The molecule has 0 aliphatic carbocycles. The van der Waals surface area contributed by atoms with E-state index in [9.17, 15) is 14.8 Å². The molecule has 2 amide bonds. The first-order chi connectivity index (χ1) is 14.1. The average molecular weight is 395 g/mol. The third-order valence-corrected chi connectivity index (χ3v) is 5.43. The Morgan fingerprint density at radius 3 is 2.21 bits per heavy atom. The molecule has 1 unspecified atom stereocenters. The first-order valence-electron chi connectivity index (χ1n) is 9.91. The number of carbonyl (C=O) groups is 2. The van der Waals surface area contributed by atoms with Crippen LogP contribution in [0.4, 0.5) is 0 Å². The molecule has 0 radical (unpaired) electrons. The summed E-state index contributed by atoms with van der Waals surface area (Å²) in [5, 5.41) is 12.7. The Morgan fingerprint density at radius 2 is 1.62 bits per heavy atom. The van der Waals surface area contributed by atoms with Crippen LogP contribution in [0.25, 0.3) is 11.1 Å². The normalized spacial score (nSPS) is 20.1. The molecule has 29 heavy (non-hydrogen) atoms. The first-order valence-corrected chi connectivity index (χ1v) is 9.91. The Kier molecular flexibility index (Phi) is 5.89. The maximum atomic E-state index is 12.4. The zero-order valence-electron chi connectivity index (χ0n) is 16.2. The molecular formula is C22H25N3O4. The summed E-state index contributed by atoms with van der Waals surface area (Å²) < 4.78 is 5.39. The van der Waals surface area contributed by atoms with Crippen LogP contribution in [-0.4, -0.2) is 65.9 Å². The SMILES string of the molecule is O=C(NC1CCN(O)C1=O)c1ccc(-c2ccc(CN3CCOCC3)cc2)cc1. The van der Waals surface area contributed by atoms with E-state index in [1.54, 1.807) is 12.1 Å². The van der Waals surface area contributed by atoms with E-state index in [0.717, 1.165) is 44.0 Å². The third-order valence-electron chi connectivity index (χ3n) is 5.43. The number of amides is 2. The van der Waals surface area contributed by atoms with Gasteiger partial charge >= 0.3 is 0 Å². The van der Waals surface area contributed by atoms with Crippen LogP contribution in [0.2, 0.25) is 0 Å². The van der Waals surface area contributed by atoms with E-state index < -0.39 is 11.9 Å². The molecule has 0 saturated carbocycles. The van der Waals surface area contributed by atoms with Gasteiger partial charge in [-0.1, -0.05) is 36.4 Å². The summed E-state index contributed by atoms with van der Waals surface area (Å²) in [6.45, 7) is 4.69. The molecule has 0 aromatic heterocycles. The van der Waals surface area contributed by atoms with Gasteiger partial charge in [-0.05, 0) is 35.2 Å². The molecule has 7 nitrogen and oxygen atoms in total. The van der Waals surface area contributed by atoms with Crippen LogP contribution in [-0.2, 0) is 16.1 Å². The Balaban J connectivity index is 1.37. The Hall–Kier alpha value is -2.74. The molecule has 2 saturated heterocycles. The maximum Gasteiger partial charge on any atom is 0.268 e.